The summed E-state index contributed by atoms with van der Waals surface area (Å²) in [5, 5.41) is 0. The number of carbonyl (C=O) groups is 1. The summed E-state index contributed by atoms with van der Waals surface area (Å²) in [6.07, 6.45) is 3.71. The number of amides is 1. The van der Waals surface area contributed by atoms with Crippen LogP contribution in [0.5, 0.6) is 11.5 Å². The highest BCUT2D eigenvalue weighted by Gasteiger charge is 2.29. The second kappa shape index (κ2) is 10.4. The Hall–Kier alpha value is -2.58. The van der Waals surface area contributed by atoms with Gasteiger partial charge in [0.25, 0.3) is 5.91 Å². The molecule has 0 atom stereocenters. The zero-order chi connectivity index (χ0) is 23.3. The molecule has 1 heterocycles. The van der Waals surface area contributed by atoms with Crippen LogP contribution in [0.3, 0.4) is 0 Å². The number of methoxy groups -OCH3 is 2. The van der Waals surface area contributed by atoms with E-state index in [9.17, 15) is 13.2 Å². The Balaban J connectivity index is 1.90. The quantitative estimate of drug-likeness (QED) is 0.627. The summed E-state index contributed by atoms with van der Waals surface area (Å²) in [7, 11) is 0.960. The van der Waals surface area contributed by atoms with Crippen LogP contribution in [0.15, 0.2) is 41.3 Å². The topological polar surface area (TPSA) is 76.1 Å². The Morgan fingerprint density at radius 1 is 0.969 bits per heavy atom. The van der Waals surface area contributed by atoms with Gasteiger partial charge < -0.3 is 14.4 Å². The number of aryl methyl sites for hydroxylation is 1. The first kappa shape index (κ1) is 24.1. The van der Waals surface area contributed by atoms with Crippen LogP contribution in [0.4, 0.5) is 0 Å². The average Bonchev–Trinajstić information content (AvgIpc) is 3.08. The zero-order valence-corrected chi connectivity index (χ0v) is 20.1. The lowest BCUT2D eigenvalue weighted by atomic mass is 10.1. The molecule has 1 saturated heterocycles. The van der Waals surface area contributed by atoms with Crippen molar-refractivity contribution in [1.29, 1.82) is 0 Å². The van der Waals surface area contributed by atoms with E-state index in [1.54, 1.807) is 31.2 Å². The van der Waals surface area contributed by atoms with Gasteiger partial charge in [0.1, 0.15) is 16.4 Å². The first-order valence-corrected chi connectivity index (χ1v) is 12.3. The van der Waals surface area contributed by atoms with Crippen LogP contribution in [0, 0.1) is 6.92 Å². The van der Waals surface area contributed by atoms with Crippen molar-refractivity contribution >= 4 is 15.9 Å². The molecule has 1 aliphatic heterocycles. The molecule has 8 heteroatoms. The van der Waals surface area contributed by atoms with Gasteiger partial charge in [0, 0.05) is 37.8 Å². The van der Waals surface area contributed by atoms with Crippen molar-refractivity contribution in [2.75, 3.05) is 34.4 Å². The van der Waals surface area contributed by atoms with Gasteiger partial charge in [0.15, 0.2) is 0 Å². The summed E-state index contributed by atoms with van der Waals surface area (Å²) >= 11 is 0. The monoisotopic (exact) mass is 460 g/mol. The summed E-state index contributed by atoms with van der Waals surface area (Å²) in [5.41, 5.74) is 2.25. The van der Waals surface area contributed by atoms with Gasteiger partial charge in [-0.15, -0.1) is 0 Å². The minimum atomic E-state index is -3.77. The molecule has 174 valence electrons. The summed E-state index contributed by atoms with van der Waals surface area (Å²) in [4.78, 5) is 14.8. The number of sulfonamides is 1. The van der Waals surface area contributed by atoms with Gasteiger partial charge in [-0.1, -0.05) is 30.5 Å². The maximum Gasteiger partial charge on any atom is 0.253 e. The molecular formula is C24H32N2O5S. The van der Waals surface area contributed by atoms with E-state index in [2.05, 4.69) is 0 Å². The van der Waals surface area contributed by atoms with Crippen LogP contribution in [0.2, 0.25) is 0 Å². The predicted octanol–water partition coefficient (Wildman–Crippen LogP) is 3.85. The first-order chi connectivity index (χ1) is 15.3. The molecule has 0 aromatic heterocycles. The summed E-state index contributed by atoms with van der Waals surface area (Å²) in [6.45, 7) is 3.28. The lowest BCUT2D eigenvalue weighted by Crippen LogP contribution is -2.32. The SMILES string of the molecule is COc1ccc(C)cc1CN(C)C(=O)c1ccc(OC)c(S(=O)(=O)N2CCCCCC2)c1. The van der Waals surface area contributed by atoms with Gasteiger partial charge in [-0.05, 0) is 44.0 Å². The van der Waals surface area contributed by atoms with Crippen LogP contribution in [0.25, 0.3) is 0 Å². The third-order valence-electron chi connectivity index (χ3n) is 5.78. The highest BCUT2D eigenvalue weighted by atomic mass is 32.2. The molecule has 0 bridgehead atoms. The van der Waals surface area contributed by atoms with Gasteiger partial charge in [-0.2, -0.15) is 4.31 Å². The smallest absolute Gasteiger partial charge is 0.253 e. The van der Waals surface area contributed by atoms with Crippen LogP contribution in [-0.4, -0.2) is 57.9 Å². The van der Waals surface area contributed by atoms with Gasteiger partial charge in [-0.3, -0.25) is 4.79 Å². The van der Waals surface area contributed by atoms with Crippen molar-refractivity contribution in [3.8, 4) is 11.5 Å². The fraction of sp³-hybridized carbons (Fsp3) is 0.458. The molecule has 0 spiro atoms. The highest BCUT2D eigenvalue weighted by Crippen LogP contribution is 2.30. The van der Waals surface area contributed by atoms with Crippen molar-refractivity contribution in [3.05, 3.63) is 53.1 Å². The molecule has 3 rings (SSSR count). The Morgan fingerprint density at radius 3 is 2.22 bits per heavy atom. The number of ether oxygens (including phenoxy) is 2. The number of carbonyl (C=O) groups excluding carboxylic acids is 1. The van der Waals surface area contributed by atoms with Crippen LogP contribution < -0.4 is 9.47 Å². The molecule has 2 aromatic carbocycles. The standard InChI is InChI=1S/C24H32N2O5S/c1-18-9-11-21(30-3)20(15-18)17-25(2)24(27)19-10-12-22(31-4)23(16-19)32(28,29)26-13-7-5-6-8-14-26/h9-12,15-16H,5-8,13-14,17H2,1-4H3. The summed E-state index contributed by atoms with van der Waals surface area (Å²) < 4.78 is 39.0. The molecule has 1 fully saturated rings. The van der Waals surface area contributed by atoms with Gasteiger partial charge in [0.05, 0.1) is 14.2 Å². The minimum absolute atomic E-state index is 0.0364. The van der Waals surface area contributed by atoms with E-state index in [0.717, 1.165) is 36.8 Å². The number of benzene rings is 2. The van der Waals surface area contributed by atoms with Crippen LogP contribution in [-0.2, 0) is 16.6 Å². The van der Waals surface area contributed by atoms with E-state index in [1.807, 2.05) is 25.1 Å². The van der Waals surface area contributed by atoms with Gasteiger partial charge in [-0.25, -0.2) is 8.42 Å². The molecule has 2 aromatic rings. The Kier molecular flexibility index (Phi) is 7.79. The number of hydrogen-bond acceptors (Lipinski definition) is 5. The molecule has 32 heavy (non-hydrogen) atoms. The number of nitrogens with zero attached hydrogens (tertiary/aromatic N) is 2. The third-order valence-corrected chi connectivity index (χ3v) is 7.70. The maximum absolute atomic E-state index is 13.4. The van der Waals surface area contributed by atoms with Crippen molar-refractivity contribution in [3.63, 3.8) is 0 Å². The van der Waals surface area contributed by atoms with E-state index < -0.39 is 10.0 Å². The molecule has 0 aliphatic carbocycles. The average molecular weight is 461 g/mol. The molecule has 0 saturated carbocycles. The summed E-state index contributed by atoms with van der Waals surface area (Å²) in [5.74, 6) is 0.673. The predicted molar refractivity (Wildman–Crippen MR) is 124 cm³/mol. The van der Waals surface area contributed by atoms with Crippen molar-refractivity contribution in [2.45, 2.75) is 44.0 Å². The third kappa shape index (κ3) is 5.24. The molecule has 0 N–H and O–H groups in total. The number of hydrogen-bond donors (Lipinski definition) is 0. The molecule has 1 aliphatic rings. The fourth-order valence-corrected chi connectivity index (χ4v) is 5.71. The second-order valence-corrected chi connectivity index (χ2v) is 10.1. The highest BCUT2D eigenvalue weighted by molar-refractivity contribution is 7.89. The molecule has 1 amide bonds. The lowest BCUT2D eigenvalue weighted by molar-refractivity contribution is 0.0784. The van der Waals surface area contributed by atoms with E-state index >= 15 is 0 Å². The molecule has 0 unspecified atom stereocenters. The van der Waals surface area contributed by atoms with E-state index in [1.165, 1.54) is 17.5 Å². The molecule has 0 radical (unpaired) electrons. The van der Waals surface area contributed by atoms with E-state index in [4.69, 9.17) is 9.47 Å². The Labute approximate surface area is 191 Å². The largest absolute Gasteiger partial charge is 0.496 e. The van der Waals surface area contributed by atoms with Crippen molar-refractivity contribution in [1.82, 2.24) is 9.21 Å². The Bertz CT molecular complexity index is 1060. The molecular weight excluding hydrogens is 428 g/mol. The fourth-order valence-electron chi connectivity index (χ4n) is 4.01. The second-order valence-electron chi connectivity index (χ2n) is 8.16. The Morgan fingerprint density at radius 2 is 1.59 bits per heavy atom. The minimum Gasteiger partial charge on any atom is -0.496 e. The van der Waals surface area contributed by atoms with E-state index in [-0.39, 0.29) is 16.6 Å². The first-order valence-electron chi connectivity index (χ1n) is 10.8. The van der Waals surface area contributed by atoms with Gasteiger partial charge >= 0.3 is 0 Å². The van der Waals surface area contributed by atoms with Crippen molar-refractivity contribution in [2.24, 2.45) is 0 Å². The summed E-state index contributed by atoms with van der Waals surface area (Å²) in [6, 6.07) is 10.4. The maximum atomic E-state index is 13.4. The van der Waals surface area contributed by atoms with Crippen LogP contribution in [0.1, 0.15) is 47.2 Å². The van der Waals surface area contributed by atoms with Crippen molar-refractivity contribution < 1.29 is 22.7 Å². The van der Waals surface area contributed by atoms with Gasteiger partial charge in [0.2, 0.25) is 10.0 Å². The number of rotatable bonds is 7. The normalized spacial score (nSPS) is 15.1. The lowest BCUT2D eigenvalue weighted by Gasteiger charge is -2.23. The molecule has 7 nitrogen and oxygen atoms in total. The zero-order valence-electron chi connectivity index (χ0n) is 19.3. The van der Waals surface area contributed by atoms with E-state index in [0.29, 0.717) is 30.9 Å². The van der Waals surface area contributed by atoms with Crippen LogP contribution >= 0.6 is 0 Å².